The number of hydrogen-bond acceptors (Lipinski definition) is 8. The van der Waals surface area contributed by atoms with Crippen LogP contribution in [0.3, 0.4) is 0 Å². The number of likely N-dealkylation sites (tertiary alicyclic amines) is 1. The van der Waals surface area contributed by atoms with Crippen molar-refractivity contribution >= 4 is 23.7 Å². The molecule has 0 spiro atoms. The predicted octanol–water partition coefficient (Wildman–Crippen LogP) is -1.22. The van der Waals surface area contributed by atoms with Crippen LogP contribution < -0.4 is 11.4 Å². The summed E-state index contributed by atoms with van der Waals surface area (Å²) in [5.41, 5.74) is 4.79. The molecule has 136 valence electrons. The second-order valence-corrected chi connectivity index (χ2v) is 5.77. The second kappa shape index (κ2) is 7.77. The smallest absolute Gasteiger partial charge is 0.349 e. The van der Waals surface area contributed by atoms with Gasteiger partial charge < -0.3 is 20.1 Å². The Hall–Kier alpha value is -2.91. The minimum atomic E-state index is -0.624. The molecule has 2 atom stereocenters. The van der Waals surface area contributed by atoms with E-state index >= 15 is 0 Å². The van der Waals surface area contributed by atoms with Crippen molar-refractivity contribution in [2.45, 2.75) is 26.5 Å². The molecule has 10 heteroatoms. The molecule has 10 nitrogen and oxygen atoms in total. The van der Waals surface area contributed by atoms with Gasteiger partial charge in [0, 0.05) is 32.5 Å². The first kappa shape index (κ1) is 18.4. The maximum atomic E-state index is 12.4. The van der Waals surface area contributed by atoms with Gasteiger partial charge in [-0.15, -0.1) is 0 Å². The number of hydrogen-bond donors (Lipinski definition) is 1. The molecular weight excluding hydrogens is 332 g/mol. The lowest BCUT2D eigenvalue weighted by Crippen LogP contribution is -2.36. The Labute approximate surface area is 143 Å². The van der Waals surface area contributed by atoms with Crippen LogP contribution in [0.5, 0.6) is 0 Å². The summed E-state index contributed by atoms with van der Waals surface area (Å²) in [6.45, 7) is 2.80. The highest BCUT2D eigenvalue weighted by atomic mass is 16.6. The van der Waals surface area contributed by atoms with E-state index in [2.05, 4.69) is 4.98 Å². The van der Waals surface area contributed by atoms with Crippen LogP contribution in [-0.2, 0) is 30.4 Å². The van der Waals surface area contributed by atoms with Gasteiger partial charge in [-0.05, 0) is 6.07 Å². The molecule has 1 amide bonds. The van der Waals surface area contributed by atoms with Crippen LogP contribution in [0.2, 0.25) is 0 Å². The molecule has 1 saturated heterocycles. The third-order valence-corrected chi connectivity index (χ3v) is 3.75. The third kappa shape index (κ3) is 5.03. The van der Waals surface area contributed by atoms with Crippen LogP contribution >= 0.6 is 0 Å². The Balaban J connectivity index is 2.05. The van der Waals surface area contributed by atoms with E-state index in [-0.39, 0.29) is 43.9 Å². The van der Waals surface area contributed by atoms with E-state index in [0.717, 1.165) is 4.57 Å². The van der Waals surface area contributed by atoms with Crippen molar-refractivity contribution in [3.8, 4) is 0 Å². The van der Waals surface area contributed by atoms with E-state index in [1.807, 2.05) is 0 Å². The Morgan fingerprint density at radius 3 is 2.60 bits per heavy atom. The van der Waals surface area contributed by atoms with E-state index in [4.69, 9.17) is 15.2 Å². The van der Waals surface area contributed by atoms with Crippen LogP contribution in [0.15, 0.2) is 17.1 Å². The number of nitrogens with two attached hydrogens (primary N) is 1. The number of rotatable bonds is 5. The van der Waals surface area contributed by atoms with Gasteiger partial charge >= 0.3 is 17.6 Å². The lowest BCUT2D eigenvalue weighted by Gasteiger charge is -2.17. The van der Waals surface area contributed by atoms with Crippen molar-refractivity contribution in [3.05, 3.63) is 22.7 Å². The Kier molecular flexibility index (Phi) is 5.73. The zero-order chi connectivity index (χ0) is 18.6. The summed E-state index contributed by atoms with van der Waals surface area (Å²) < 4.78 is 11.3. The van der Waals surface area contributed by atoms with Crippen LogP contribution in [0.4, 0.5) is 5.82 Å². The zero-order valence-electron chi connectivity index (χ0n) is 14.0. The van der Waals surface area contributed by atoms with E-state index in [0.29, 0.717) is 0 Å². The fourth-order valence-electron chi connectivity index (χ4n) is 2.58. The molecule has 0 radical (unpaired) electrons. The molecule has 1 aromatic rings. The van der Waals surface area contributed by atoms with Gasteiger partial charge in [-0.2, -0.15) is 4.98 Å². The minimum Gasteiger partial charge on any atom is -0.465 e. The normalized spacial score (nSPS) is 19.5. The number of carbonyl (C=O) groups excluding carboxylic acids is 3. The average molecular weight is 352 g/mol. The van der Waals surface area contributed by atoms with Crippen LogP contribution in [0.1, 0.15) is 13.8 Å². The first-order valence-electron chi connectivity index (χ1n) is 7.67. The summed E-state index contributed by atoms with van der Waals surface area (Å²) in [4.78, 5) is 51.4. The third-order valence-electron chi connectivity index (χ3n) is 3.75. The number of ether oxygens (including phenoxy) is 2. The molecule has 2 rings (SSSR count). The molecule has 1 aliphatic heterocycles. The molecule has 2 unspecified atom stereocenters. The first-order chi connectivity index (χ1) is 11.8. The number of anilines is 1. The van der Waals surface area contributed by atoms with Crippen LogP contribution in [0.25, 0.3) is 0 Å². The molecule has 2 heterocycles. The first-order valence-corrected chi connectivity index (χ1v) is 7.67. The van der Waals surface area contributed by atoms with Crippen molar-refractivity contribution < 1.29 is 23.9 Å². The average Bonchev–Trinajstić information content (AvgIpc) is 2.90. The molecule has 1 fully saturated rings. The number of carbonyl (C=O) groups is 3. The standard InChI is InChI=1S/C15H20N4O6/c1-9(20)24-8-11-5-19(6-12(11)25-10(2)21)14(22)7-18-4-3-13(16)17-15(18)23/h3-4,11-12H,5-8H2,1-2H3,(H2,16,17,23). The van der Waals surface area contributed by atoms with Gasteiger partial charge in [0.05, 0.1) is 13.2 Å². The maximum Gasteiger partial charge on any atom is 0.349 e. The van der Waals surface area contributed by atoms with Gasteiger partial charge in [-0.1, -0.05) is 0 Å². The number of nitrogen functional groups attached to an aromatic ring is 1. The molecule has 0 saturated carbocycles. The van der Waals surface area contributed by atoms with E-state index < -0.39 is 23.7 Å². The Morgan fingerprint density at radius 2 is 2.00 bits per heavy atom. The number of nitrogens with zero attached hydrogens (tertiary/aromatic N) is 3. The molecule has 0 aromatic carbocycles. The molecule has 25 heavy (non-hydrogen) atoms. The highest BCUT2D eigenvalue weighted by molar-refractivity contribution is 5.76. The van der Waals surface area contributed by atoms with Gasteiger partial charge in [-0.3, -0.25) is 19.0 Å². The monoisotopic (exact) mass is 352 g/mol. The van der Waals surface area contributed by atoms with Crippen molar-refractivity contribution in [3.63, 3.8) is 0 Å². The molecule has 0 aliphatic carbocycles. The summed E-state index contributed by atoms with van der Waals surface area (Å²) in [6, 6.07) is 1.42. The van der Waals surface area contributed by atoms with Crippen LogP contribution in [-0.4, -0.2) is 58.1 Å². The summed E-state index contributed by atoms with van der Waals surface area (Å²) in [5, 5.41) is 0. The van der Waals surface area contributed by atoms with E-state index in [1.54, 1.807) is 0 Å². The summed E-state index contributed by atoms with van der Waals surface area (Å²) in [5.74, 6) is -1.52. The summed E-state index contributed by atoms with van der Waals surface area (Å²) in [6.07, 6.45) is 0.820. The SMILES string of the molecule is CC(=O)OCC1CN(C(=O)Cn2ccc(N)nc2=O)CC1OC(C)=O. The fraction of sp³-hybridized carbons (Fsp3) is 0.533. The molecule has 2 N–H and O–H groups in total. The Bertz CT molecular complexity index is 731. The lowest BCUT2D eigenvalue weighted by molar-refractivity contribution is -0.150. The van der Waals surface area contributed by atoms with Gasteiger partial charge in [0.15, 0.2) is 0 Å². The van der Waals surface area contributed by atoms with Crippen molar-refractivity contribution in [2.24, 2.45) is 5.92 Å². The van der Waals surface area contributed by atoms with E-state index in [1.165, 1.54) is 31.0 Å². The largest absolute Gasteiger partial charge is 0.465 e. The van der Waals surface area contributed by atoms with E-state index in [9.17, 15) is 19.2 Å². The number of aromatic nitrogens is 2. The van der Waals surface area contributed by atoms with Gasteiger partial charge in [0.1, 0.15) is 18.5 Å². The highest BCUT2D eigenvalue weighted by Crippen LogP contribution is 2.21. The van der Waals surface area contributed by atoms with Crippen molar-refractivity contribution in [1.29, 1.82) is 0 Å². The Morgan fingerprint density at radius 1 is 1.28 bits per heavy atom. The molecular formula is C15H20N4O6. The topological polar surface area (TPSA) is 134 Å². The summed E-state index contributed by atoms with van der Waals surface area (Å²) in [7, 11) is 0. The minimum absolute atomic E-state index is 0.0421. The maximum absolute atomic E-state index is 12.4. The quantitative estimate of drug-likeness (QED) is 0.652. The van der Waals surface area contributed by atoms with Gasteiger partial charge in [-0.25, -0.2) is 4.79 Å². The van der Waals surface area contributed by atoms with Gasteiger partial charge in [0.2, 0.25) is 5.91 Å². The highest BCUT2D eigenvalue weighted by Gasteiger charge is 2.38. The zero-order valence-corrected chi connectivity index (χ0v) is 14.0. The van der Waals surface area contributed by atoms with Crippen LogP contribution in [0, 0.1) is 5.92 Å². The van der Waals surface area contributed by atoms with Crippen molar-refractivity contribution in [2.75, 3.05) is 25.4 Å². The number of amides is 1. The second-order valence-electron chi connectivity index (χ2n) is 5.77. The van der Waals surface area contributed by atoms with Gasteiger partial charge in [0.25, 0.3) is 0 Å². The lowest BCUT2D eigenvalue weighted by atomic mass is 10.1. The molecule has 1 aliphatic rings. The summed E-state index contributed by atoms with van der Waals surface area (Å²) >= 11 is 0. The molecule has 1 aromatic heterocycles. The number of esters is 2. The van der Waals surface area contributed by atoms with Crippen molar-refractivity contribution in [1.82, 2.24) is 14.5 Å². The fourth-order valence-corrected chi connectivity index (χ4v) is 2.58. The predicted molar refractivity (Wildman–Crippen MR) is 85.2 cm³/mol. The molecule has 0 bridgehead atoms.